The first-order chi connectivity index (χ1) is 16.6. The molecule has 0 saturated heterocycles. The second-order valence-electron chi connectivity index (χ2n) is 8.93. The highest BCUT2D eigenvalue weighted by atomic mass is 19.1. The lowest BCUT2D eigenvalue weighted by atomic mass is 9.98. The van der Waals surface area contributed by atoms with Crippen LogP contribution in [-0.4, -0.2) is 29.7 Å². The molecule has 0 bridgehead atoms. The molecular formula is C27H29F2N3O3. The molecule has 3 aromatic rings. The fraction of sp³-hybridized carbons (Fsp3) is 0.259. The van der Waals surface area contributed by atoms with Gasteiger partial charge in [0.2, 0.25) is 0 Å². The van der Waals surface area contributed by atoms with Crippen LogP contribution >= 0.6 is 0 Å². The molecule has 3 aromatic carbocycles. The molecule has 0 aromatic heterocycles. The number of benzene rings is 3. The number of nitrogens with one attached hydrogen (secondary N) is 2. The van der Waals surface area contributed by atoms with Crippen LogP contribution in [0.2, 0.25) is 0 Å². The monoisotopic (exact) mass is 481 g/mol. The van der Waals surface area contributed by atoms with Crippen molar-refractivity contribution in [3.63, 3.8) is 0 Å². The van der Waals surface area contributed by atoms with E-state index in [2.05, 4.69) is 29.4 Å². The minimum Gasteiger partial charge on any atom is -0.478 e. The van der Waals surface area contributed by atoms with Crippen molar-refractivity contribution >= 4 is 29.1 Å². The molecule has 0 aliphatic rings. The van der Waals surface area contributed by atoms with Crippen LogP contribution in [0, 0.1) is 17.6 Å². The van der Waals surface area contributed by atoms with Crippen molar-refractivity contribution in [2.75, 3.05) is 22.1 Å². The Hall–Kier alpha value is -3.94. The van der Waals surface area contributed by atoms with Crippen molar-refractivity contribution in [2.24, 2.45) is 5.92 Å². The number of carboxylic acid groups (broad SMARTS) is 1. The van der Waals surface area contributed by atoms with Crippen LogP contribution in [-0.2, 0) is 0 Å². The average Bonchev–Trinajstić information content (AvgIpc) is 2.78. The predicted molar refractivity (Wildman–Crippen MR) is 135 cm³/mol. The quantitative estimate of drug-likeness (QED) is 0.329. The molecule has 0 atom stereocenters. The summed E-state index contributed by atoms with van der Waals surface area (Å²) in [5, 5.41) is 14.9. The Bertz CT molecular complexity index is 1230. The molecule has 0 saturated carbocycles. The van der Waals surface area contributed by atoms with Gasteiger partial charge in [-0.1, -0.05) is 32.0 Å². The normalized spacial score (nSPS) is 11.0. The van der Waals surface area contributed by atoms with Gasteiger partial charge in [0, 0.05) is 12.6 Å². The Kier molecular flexibility index (Phi) is 8.06. The van der Waals surface area contributed by atoms with Crippen molar-refractivity contribution in [2.45, 2.75) is 33.7 Å². The van der Waals surface area contributed by atoms with Gasteiger partial charge in [0.15, 0.2) is 0 Å². The summed E-state index contributed by atoms with van der Waals surface area (Å²) >= 11 is 0. The summed E-state index contributed by atoms with van der Waals surface area (Å²) in [7, 11) is 0. The SMILES string of the molecule is CC(C)CN(c1ccc(-c2cc(F)ccc2C(=O)O)cc1NC(=O)Nc1ccccc1F)C(C)C. The number of halogens is 2. The van der Waals surface area contributed by atoms with Gasteiger partial charge in [0.05, 0.1) is 22.6 Å². The Labute approximate surface area is 203 Å². The summed E-state index contributed by atoms with van der Waals surface area (Å²) in [5.41, 5.74) is 1.63. The standard InChI is InChI=1S/C27H29F2N3O3/c1-16(2)15-32(17(3)4)25-12-9-18(21-14-19(28)10-11-20(21)26(33)34)13-24(25)31-27(35)30-23-8-6-5-7-22(23)29/h5-14,16-17H,15H2,1-4H3,(H,33,34)(H2,30,31,35). The van der Waals surface area contributed by atoms with E-state index >= 15 is 0 Å². The van der Waals surface area contributed by atoms with E-state index < -0.39 is 23.6 Å². The number of carbonyl (C=O) groups is 2. The number of aromatic carboxylic acids is 1. The molecule has 3 rings (SSSR count). The van der Waals surface area contributed by atoms with Crippen LogP contribution in [0.25, 0.3) is 11.1 Å². The highest BCUT2D eigenvalue weighted by Crippen LogP contribution is 2.35. The number of amides is 2. The Morgan fingerprint density at radius 3 is 2.23 bits per heavy atom. The van der Waals surface area contributed by atoms with Crippen molar-refractivity contribution in [1.82, 2.24) is 0 Å². The Morgan fingerprint density at radius 2 is 1.60 bits per heavy atom. The maximum atomic E-state index is 14.0. The number of para-hydroxylation sites is 1. The fourth-order valence-corrected chi connectivity index (χ4v) is 3.82. The van der Waals surface area contributed by atoms with E-state index in [9.17, 15) is 23.5 Å². The number of carboxylic acids is 1. The third-order valence-electron chi connectivity index (χ3n) is 5.38. The minimum absolute atomic E-state index is 0.0175. The average molecular weight is 482 g/mol. The van der Waals surface area contributed by atoms with E-state index in [0.717, 1.165) is 12.1 Å². The molecule has 0 aliphatic carbocycles. The molecule has 0 radical (unpaired) electrons. The zero-order valence-electron chi connectivity index (χ0n) is 20.1. The summed E-state index contributed by atoms with van der Waals surface area (Å²) in [6.45, 7) is 8.89. The maximum absolute atomic E-state index is 14.0. The topological polar surface area (TPSA) is 81.7 Å². The van der Waals surface area contributed by atoms with Crippen LogP contribution in [0.5, 0.6) is 0 Å². The molecule has 35 heavy (non-hydrogen) atoms. The zero-order chi connectivity index (χ0) is 25.7. The van der Waals surface area contributed by atoms with E-state index in [1.165, 1.54) is 24.3 Å². The van der Waals surface area contributed by atoms with Gasteiger partial charge in [-0.15, -0.1) is 0 Å². The van der Waals surface area contributed by atoms with Crippen molar-refractivity contribution < 1.29 is 23.5 Å². The number of urea groups is 1. The zero-order valence-corrected chi connectivity index (χ0v) is 20.1. The van der Waals surface area contributed by atoms with E-state index in [0.29, 0.717) is 29.4 Å². The largest absolute Gasteiger partial charge is 0.478 e. The first kappa shape index (κ1) is 25.7. The molecule has 0 unspecified atom stereocenters. The lowest BCUT2D eigenvalue weighted by Gasteiger charge is -2.32. The fourth-order valence-electron chi connectivity index (χ4n) is 3.82. The molecule has 6 nitrogen and oxygen atoms in total. The smallest absolute Gasteiger partial charge is 0.336 e. The second-order valence-corrected chi connectivity index (χ2v) is 8.93. The highest BCUT2D eigenvalue weighted by Gasteiger charge is 2.20. The van der Waals surface area contributed by atoms with Crippen molar-refractivity contribution in [3.05, 3.63) is 77.9 Å². The van der Waals surface area contributed by atoms with Gasteiger partial charge in [-0.25, -0.2) is 18.4 Å². The van der Waals surface area contributed by atoms with Crippen molar-refractivity contribution in [3.8, 4) is 11.1 Å². The number of rotatable bonds is 8. The van der Waals surface area contributed by atoms with Gasteiger partial charge >= 0.3 is 12.0 Å². The first-order valence-electron chi connectivity index (χ1n) is 11.3. The maximum Gasteiger partial charge on any atom is 0.336 e. The summed E-state index contributed by atoms with van der Waals surface area (Å²) in [6.07, 6.45) is 0. The summed E-state index contributed by atoms with van der Waals surface area (Å²) < 4.78 is 28.1. The van der Waals surface area contributed by atoms with E-state index in [-0.39, 0.29) is 22.9 Å². The van der Waals surface area contributed by atoms with Gasteiger partial charge in [-0.3, -0.25) is 0 Å². The predicted octanol–water partition coefficient (Wildman–Crippen LogP) is 6.84. The number of carbonyl (C=O) groups excluding carboxylic acids is 1. The lowest BCUT2D eigenvalue weighted by Crippen LogP contribution is -2.35. The third-order valence-corrected chi connectivity index (χ3v) is 5.38. The van der Waals surface area contributed by atoms with Gasteiger partial charge < -0.3 is 20.6 Å². The molecule has 0 aliphatic heterocycles. The van der Waals surface area contributed by atoms with Gasteiger partial charge in [0.1, 0.15) is 11.6 Å². The van der Waals surface area contributed by atoms with Crippen LogP contribution in [0.15, 0.2) is 60.7 Å². The molecule has 0 heterocycles. The van der Waals surface area contributed by atoms with Crippen LogP contribution < -0.4 is 15.5 Å². The van der Waals surface area contributed by atoms with Crippen LogP contribution in [0.4, 0.5) is 30.6 Å². The third kappa shape index (κ3) is 6.35. The number of hydrogen-bond acceptors (Lipinski definition) is 3. The van der Waals surface area contributed by atoms with Gasteiger partial charge in [-0.2, -0.15) is 0 Å². The van der Waals surface area contributed by atoms with Crippen LogP contribution in [0.1, 0.15) is 38.1 Å². The molecule has 3 N–H and O–H groups in total. The summed E-state index contributed by atoms with van der Waals surface area (Å²) in [5.74, 6) is -2.03. The van der Waals surface area contributed by atoms with E-state index in [4.69, 9.17) is 0 Å². The van der Waals surface area contributed by atoms with E-state index in [1.807, 2.05) is 13.8 Å². The second kappa shape index (κ2) is 11.0. The lowest BCUT2D eigenvalue weighted by molar-refractivity contribution is 0.0697. The van der Waals surface area contributed by atoms with Crippen molar-refractivity contribution in [1.29, 1.82) is 0 Å². The molecule has 0 fully saturated rings. The Morgan fingerprint density at radius 1 is 0.914 bits per heavy atom. The number of nitrogens with zero attached hydrogens (tertiary/aromatic N) is 1. The molecular weight excluding hydrogens is 452 g/mol. The Balaban J connectivity index is 2.08. The summed E-state index contributed by atoms with van der Waals surface area (Å²) in [4.78, 5) is 26.7. The van der Waals surface area contributed by atoms with Crippen LogP contribution in [0.3, 0.4) is 0 Å². The molecule has 8 heteroatoms. The molecule has 2 amide bonds. The number of anilines is 3. The minimum atomic E-state index is -1.19. The highest BCUT2D eigenvalue weighted by molar-refractivity contribution is 6.03. The van der Waals surface area contributed by atoms with Gasteiger partial charge in [0.25, 0.3) is 0 Å². The summed E-state index contributed by atoms with van der Waals surface area (Å²) in [6, 6.07) is 13.7. The molecule has 0 spiro atoms. The first-order valence-corrected chi connectivity index (χ1v) is 11.3. The van der Waals surface area contributed by atoms with E-state index in [1.54, 1.807) is 24.3 Å². The molecule has 184 valence electrons. The van der Waals surface area contributed by atoms with Gasteiger partial charge in [-0.05, 0) is 73.4 Å². The number of hydrogen-bond donors (Lipinski definition) is 3.